The number of amides is 2. The van der Waals surface area contributed by atoms with Gasteiger partial charge in [-0.05, 0) is 24.3 Å². The van der Waals surface area contributed by atoms with Crippen LogP contribution in [0.3, 0.4) is 0 Å². The summed E-state index contributed by atoms with van der Waals surface area (Å²) < 4.78 is 10.9. The predicted octanol–water partition coefficient (Wildman–Crippen LogP) is 2.02. The molecular weight excluding hydrogens is 322 g/mol. The Morgan fingerprint density at radius 1 is 1.12 bits per heavy atom. The van der Waals surface area contributed by atoms with Crippen LogP contribution in [0.25, 0.3) is 0 Å². The maximum atomic E-state index is 12.4. The Morgan fingerprint density at radius 3 is 2.72 bits per heavy atom. The van der Waals surface area contributed by atoms with Crippen molar-refractivity contribution in [3.8, 4) is 11.5 Å². The van der Waals surface area contributed by atoms with Crippen molar-refractivity contribution in [2.75, 3.05) is 25.1 Å². The first-order chi connectivity index (χ1) is 12.2. The van der Waals surface area contributed by atoms with Gasteiger partial charge in [-0.1, -0.05) is 6.08 Å². The number of benzene rings is 1. The molecule has 2 heterocycles. The molecule has 0 aliphatic carbocycles. The molecule has 1 aliphatic rings. The van der Waals surface area contributed by atoms with Gasteiger partial charge in [0.05, 0.1) is 0 Å². The molecule has 2 aromatic rings. The molecule has 7 nitrogen and oxygen atoms in total. The SMILES string of the molecule is C=CCNC(=O)c1cc(C(=O)Nc2ccc3c(c2)OCCO3)ccn1. The molecule has 0 spiro atoms. The summed E-state index contributed by atoms with van der Waals surface area (Å²) in [6.45, 7) is 4.84. The molecule has 1 aromatic carbocycles. The van der Waals surface area contributed by atoms with Crippen LogP contribution in [-0.2, 0) is 0 Å². The first kappa shape index (κ1) is 16.5. The molecule has 3 rings (SSSR count). The van der Waals surface area contributed by atoms with Crippen LogP contribution in [0.1, 0.15) is 20.8 Å². The average Bonchev–Trinajstić information content (AvgIpc) is 2.66. The van der Waals surface area contributed by atoms with E-state index in [2.05, 4.69) is 22.2 Å². The summed E-state index contributed by atoms with van der Waals surface area (Å²) in [5, 5.41) is 5.38. The van der Waals surface area contributed by atoms with Gasteiger partial charge in [-0.25, -0.2) is 0 Å². The van der Waals surface area contributed by atoms with E-state index in [4.69, 9.17) is 9.47 Å². The van der Waals surface area contributed by atoms with Crippen molar-refractivity contribution in [2.24, 2.45) is 0 Å². The van der Waals surface area contributed by atoms with Gasteiger partial charge in [0.1, 0.15) is 18.9 Å². The molecule has 0 radical (unpaired) electrons. The third kappa shape index (κ3) is 3.95. The summed E-state index contributed by atoms with van der Waals surface area (Å²) >= 11 is 0. The fourth-order valence-corrected chi connectivity index (χ4v) is 2.28. The van der Waals surface area contributed by atoms with E-state index in [0.717, 1.165) is 0 Å². The van der Waals surface area contributed by atoms with E-state index >= 15 is 0 Å². The number of nitrogens with zero attached hydrogens (tertiary/aromatic N) is 1. The zero-order valence-corrected chi connectivity index (χ0v) is 13.5. The minimum Gasteiger partial charge on any atom is -0.486 e. The molecular formula is C18H17N3O4. The van der Waals surface area contributed by atoms with Crippen molar-refractivity contribution in [1.82, 2.24) is 10.3 Å². The smallest absolute Gasteiger partial charge is 0.270 e. The van der Waals surface area contributed by atoms with E-state index in [-0.39, 0.29) is 17.5 Å². The molecule has 0 fully saturated rings. The van der Waals surface area contributed by atoms with Crippen LogP contribution in [0.4, 0.5) is 5.69 Å². The molecule has 1 aromatic heterocycles. The highest BCUT2D eigenvalue weighted by atomic mass is 16.6. The largest absolute Gasteiger partial charge is 0.486 e. The molecule has 0 atom stereocenters. The molecule has 25 heavy (non-hydrogen) atoms. The molecule has 2 amide bonds. The molecule has 128 valence electrons. The van der Waals surface area contributed by atoms with E-state index < -0.39 is 0 Å². The summed E-state index contributed by atoms with van der Waals surface area (Å²) in [5.41, 5.74) is 1.06. The van der Waals surface area contributed by atoms with Crippen LogP contribution >= 0.6 is 0 Å². The number of hydrogen-bond donors (Lipinski definition) is 2. The average molecular weight is 339 g/mol. The van der Waals surface area contributed by atoms with Crippen LogP contribution in [0.2, 0.25) is 0 Å². The first-order valence-corrected chi connectivity index (χ1v) is 7.73. The molecule has 7 heteroatoms. The van der Waals surface area contributed by atoms with Gasteiger partial charge in [0.25, 0.3) is 11.8 Å². The van der Waals surface area contributed by atoms with Crippen LogP contribution in [-0.4, -0.2) is 36.6 Å². The van der Waals surface area contributed by atoms with Crippen LogP contribution in [0.15, 0.2) is 49.2 Å². The Kier molecular flexibility index (Phi) is 4.94. The molecule has 2 N–H and O–H groups in total. The zero-order chi connectivity index (χ0) is 17.6. The Hall–Kier alpha value is -3.35. The third-order valence-corrected chi connectivity index (χ3v) is 3.46. The van der Waals surface area contributed by atoms with E-state index in [1.54, 1.807) is 24.3 Å². The normalized spacial score (nSPS) is 12.2. The molecule has 0 unspecified atom stereocenters. The van der Waals surface area contributed by atoms with Gasteiger partial charge < -0.3 is 20.1 Å². The lowest BCUT2D eigenvalue weighted by Gasteiger charge is -2.19. The second-order valence-electron chi connectivity index (χ2n) is 5.24. The minimum absolute atomic E-state index is 0.164. The van der Waals surface area contributed by atoms with Gasteiger partial charge in [0.15, 0.2) is 11.5 Å². The second-order valence-corrected chi connectivity index (χ2v) is 5.24. The highest BCUT2D eigenvalue weighted by molar-refractivity contribution is 6.05. The van der Waals surface area contributed by atoms with Crippen molar-refractivity contribution < 1.29 is 19.1 Å². The first-order valence-electron chi connectivity index (χ1n) is 7.73. The Morgan fingerprint density at radius 2 is 1.92 bits per heavy atom. The topological polar surface area (TPSA) is 89.6 Å². The van der Waals surface area contributed by atoms with E-state index in [1.165, 1.54) is 18.3 Å². The lowest BCUT2D eigenvalue weighted by Crippen LogP contribution is -2.24. The predicted molar refractivity (Wildman–Crippen MR) is 92.2 cm³/mol. The molecule has 0 saturated heterocycles. The lowest BCUT2D eigenvalue weighted by molar-refractivity contribution is 0.0953. The summed E-state index contributed by atoms with van der Waals surface area (Å²) in [4.78, 5) is 28.3. The Bertz CT molecular complexity index is 820. The summed E-state index contributed by atoms with van der Waals surface area (Å²) in [5.74, 6) is 0.517. The number of ether oxygens (including phenoxy) is 2. The lowest BCUT2D eigenvalue weighted by atomic mass is 10.2. The van der Waals surface area contributed by atoms with Crippen LogP contribution in [0, 0.1) is 0 Å². The van der Waals surface area contributed by atoms with Crippen molar-refractivity contribution in [3.63, 3.8) is 0 Å². The summed E-state index contributed by atoms with van der Waals surface area (Å²) in [6, 6.07) is 8.14. The van der Waals surface area contributed by atoms with Gasteiger partial charge in [-0.15, -0.1) is 6.58 Å². The van der Waals surface area contributed by atoms with E-state index in [0.29, 0.717) is 42.5 Å². The maximum Gasteiger partial charge on any atom is 0.270 e. The maximum absolute atomic E-state index is 12.4. The number of carbonyl (C=O) groups is 2. The number of carbonyl (C=O) groups excluding carboxylic acids is 2. The summed E-state index contributed by atoms with van der Waals surface area (Å²) in [7, 11) is 0. The van der Waals surface area contributed by atoms with Crippen molar-refractivity contribution in [2.45, 2.75) is 0 Å². The fraction of sp³-hybridized carbons (Fsp3) is 0.167. The summed E-state index contributed by atoms with van der Waals surface area (Å²) in [6.07, 6.45) is 2.98. The van der Waals surface area contributed by atoms with Gasteiger partial charge in [-0.2, -0.15) is 0 Å². The molecule has 0 saturated carbocycles. The number of hydrogen-bond acceptors (Lipinski definition) is 5. The number of nitrogens with one attached hydrogen (secondary N) is 2. The minimum atomic E-state index is -0.367. The van der Waals surface area contributed by atoms with Gasteiger partial charge >= 0.3 is 0 Å². The van der Waals surface area contributed by atoms with Crippen LogP contribution in [0.5, 0.6) is 11.5 Å². The van der Waals surface area contributed by atoms with Gasteiger partial charge in [0, 0.05) is 30.1 Å². The highest BCUT2D eigenvalue weighted by Crippen LogP contribution is 2.32. The number of pyridine rings is 1. The number of anilines is 1. The standard InChI is InChI=1S/C18H17N3O4/c1-2-6-20-18(23)14-10-12(5-7-19-14)17(22)21-13-3-4-15-16(11-13)25-9-8-24-15/h2-5,7,10-11H,1,6,8-9H2,(H,20,23)(H,21,22). The van der Waals surface area contributed by atoms with Gasteiger partial charge in [0.2, 0.25) is 0 Å². The van der Waals surface area contributed by atoms with Crippen molar-refractivity contribution in [1.29, 1.82) is 0 Å². The highest BCUT2D eigenvalue weighted by Gasteiger charge is 2.15. The zero-order valence-electron chi connectivity index (χ0n) is 13.5. The van der Waals surface area contributed by atoms with E-state index in [9.17, 15) is 9.59 Å². The Balaban J connectivity index is 1.73. The van der Waals surface area contributed by atoms with Crippen LogP contribution < -0.4 is 20.1 Å². The second kappa shape index (κ2) is 7.48. The van der Waals surface area contributed by atoms with E-state index in [1.807, 2.05) is 0 Å². The number of aromatic nitrogens is 1. The number of fused-ring (bicyclic) bond motifs is 1. The van der Waals surface area contributed by atoms with Gasteiger partial charge in [-0.3, -0.25) is 14.6 Å². The Labute approximate surface area is 144 Å². The van der Waals surface area contributed by atoms with Crippen molar-refractivity contribution >= 4 is 17.5 Å². The molecule has 1 aliphatic heterocycles. The monoisotopic (exact) mass is 339 g/mol. The molecule has 0 bridgehead atoms. The van der Waals surface area contributed by atoms with Crippen molar-refractivity contribution in [3.05, 3.63) is 60.4 Å². The fourth-order valence-electron chi connectivity index (χ4n) is 2.28. The third-order valence-electron chi connectivity index (χ3n) is 3.46. The number of rotatable bonds is 5. The quantitative estimate of drug-likeness (QED) is 0.814.